The molecule has 17 heteroatoms. The molecule has 1 aromatic heterocycles. The van der Waals surface area contributed by atoms with Crippen molar-refractivity contribution in [1.29, 1.82) is 0 Å². The number of rotatable bonds is 4. The van der Waals surface area contributed by atoms with Crippen LogP contribution in [0.15, 0.2) is 47.6 Å². The second kappa shape index (κ2) is 15.1. The molecule has 37 heavy (non-hydrogen) atoms. The fourth-order valence-corrected chi connectivity index (χ4v) is 3.04. The average molecular weight is 556 g/mol. The van der Waals surface area contributed by atoms with Gasteiger partial charge < -0.3 is 33.9 Å². The third-order valence-electron chi connectivity index (χ3n) is 4.52. The maximum Gasteiger partial charge on any atom is 1.00 e. The van der Waals surface area contributed by atoms with Crippen LogP contribution >= 0.6 is 0 Å². The summed E-state index contributed by atoms with van der Waals surface area (Å²) in [5.74, 6) is -1.28. The van der Waals surface area contributed by atoms with E-state index in [1.54, 1.807) is 12.1 Å². The number of carbonyl (C=O) groups is 3. The van der Waals surface area contributed by atoms with Crippen LogP contribution in [-0.2, 0) is 40.1 Å². The number of hydrogen-bond acceptors (Lipinski definition) is 10. The Balaban J connectivity index is 0.000000500. The number of ether oxygens (including phenoxy) is 3. The standard InChI is InChI=1S/C8H8O3.C6H4F6O2.C5H6O2.CH2O3.Na/c9-7-6-3-5-1-2-8(6,11-5)4-10-7;1-2-3(13)14-4(5(7,8)9)6(10,11)12;6-4-5-2-1-3-7-5;2-1-4-3;/h1-2,5-6H,3-4H2;2,4H,1H2;1-3,6H,4H2;1,3H;/q;;;;+1/p-1/t5-,6?,8-;;;;/m1..../s1. The molecule has 4 rings (SSSR count). The molecule has 0 amide bonds. The van der Waals surface area contributed by atoms with Crippen LogP contribution in [0.4, 0.5) is 26.3 Å². The van der Waals surface area contributed by atoms with Crippen molar-refractivity contribution in [3.05, 3.63) is 49.0 Å². The number of cyclic esters (lactones) is 1. The molecule has 2 bridgehead atoms. The molecule has 0 radical (unpaired) electrons. The zero-order valence-electron chi connectivity index (χ0n) is 19.0. The number of furan rings is 1. The molecule has 1 aromatic rings. The van der Waals surface area contributed by atoms with Gasteiger partial charge >= 0.3 is 53.8 Å². The molecule has 1 unspecified atom stereocenters. The number of carbonyl (C=O) groups excluding carboxylic acids is 3. The van der Waals surface area contributed by atoms with Gasteiger partial charge in [-0.05, 0) is 24.6 Å². The monoisotopic (exact) mass is 556 g/mol. The smallest absolute Gasteiger partial charge is 0.662 e. The number of aliphatic hydroxyl groups excluding tert-OH is 1. The Bertz CT molecular complexity index is 888. The molecule has 3 aliphatic rings. The summed E-state index contributed by atoms with van der Waals surface area (Å²) in [5, 5.41) is 16.8. The Morgan fingerprint density at radius 3 is 2.24 bits per heavy atom. The molecule has 202 valence electrons. The number of esters is 2. The van der Waals surface area contributed by atoms with E-state index in [1.165, 1.54) is 6.26 Å². The van der Waals surface area contributed by atoms with Gasteiger partial charge in [0, 0.05) is 6.08 Å². The van der Waals surface area contributed by atoms with Crippen LogP contribution in [0.1, 0.15) is 12.2 Å². The predicted octanol–water partition coefficient (Wildman–Crippen LogP) is -1.32. The minimum atomic E-state index is -5.68. The number of halogens is 6. The predicted molar refractivity (Wildman–Crippen MR) is 99.8 cm³/mol. The first-order valence-electron chi connectivity index (χ1n) is 9.59. The van der Waals surface area contributed by atoms with Crippen LogP contribution in [0.3, 0.4) is 0 Å². The Labute approximate surface area is 227 Å². The van der Waals surface area contributed by atoms with Gasteiger partial charge in [0.05, 0.1) is 18.3 Å². The molecule has 10 nitrogen and oxygen atoms in total. The van der Waals surface area contributed by atoms with Gasteiger partial charge in [0.15, 0.2) is 0 Å². The SMILES string of the molecule is C=CC(=O)OC(C(F)(F)F)C(F)(F)F.O=C1OC[C@]23C=C[C@H](CC12)O3.O=CO[O-].OCc1ccco1.[Na+]. The van der Waals surface area contributed by atoms with Crippen molar-refractivity contribution in [2.75, 3.05) is 6.61 Å². The molecular formula is C20H19F6NaO10. The molecular weight excluding hydrogens is 537 g/mol. The second-order valence-corrected chi connectivity index (χ2v) is 6.90. The van der Waals surface area contributed by atoms with E-state index in [-0.39, 0.29) is 72.3 Å². The zero-order valence-corrected chi connectivity index (χ0v) is 21.0. The summed E-state index contributed by atoms with van der Waals surface area (Å²) in [7, 11) is 0. The number of fused-ring (bicyclic) bond motifs is 1. The summed E-state index contributed by atoms with van der Waals surface area (Å²) in [5.41, 5.74) is -0.359. The molecule has 4 heterocycles. The Morgan fingerprint density at radius 1 is 1.30 bits per heavy atom. The van der Waals surface area contributed by atoms with E-state index in [1.807, 2.05) is 12.2 Å². The van der Waals surface area contributed by atoms with E-state index in [2.05, 4.69) is 16.2 Å². The summed E-state index contributed by atoms with van der Waals surface area (Å²) in [6.45, 7) is 2.90. The molecule has 2 saturated heterocycles. The van der Waals surface area contributed by atoms with Gasteiger partial charge in [0.25, 0.3) is 12.6 Å². The minimum absolute atomic E-state index is 0. The van der Waals surface area contributed by atoms with Gasteiger partial charge in [-0.3, -0.25) is 9.59 Å². The Hall–Kier alpha value is -2.37. The summed E-state index contributed by atoms with van der Waals surface area (Å²) in [6, 6.07) is 3.46. The molecule has 3 atom stereocenters. The van der Waals surface area contributed by atoms with E-state index in [4.69, 9.17) is 29.0 Å². The van der Waals surface area contributed by atoms with E-state index >= 15 is 0 Å². The van der Waals surface area contributed by atoms with Crippen LogP contribution in [-0.4, -0.2) is 60.3 Å². The normalized spacial score (nSPS) is 22.5. The molecule has 0 aliphatic carbocycles. The van der Waals surface area contributed by atoms with Crippen LogP contribution in [0.2, 0.25) is 0 Å². The van der Waals surface area contributed by atoms with Crippen molar-refractivity contribution < 1.29 is 104 Å². The molecule has 0 saturated carbocycles. The van der Waals surface area contributed by atoms with Crippen molar-refractivity contribution in [2.45, 2.75) is 43.2 Å². The van der Waals surface area contributed by atoms with Gasteiger partial charge in [-0.2, -0.15) is 26.3 Å². The Kier molecular flexibility index (Phi) is 14.2. The van der Waals surface area contributed by atoms with Crippen LogP contribution < -0.4 is 34.8 Å². The van der Waals surface area contributed by atoms with Gasteiger partial charge in [-0.1, -0.05) is 12.7 Å². The molecule has 2 fully saturated rings. The van der Waals surface area contributed by atoms with E-state index < -0.39 is 24.4 Å². The van der Waals surface area contributed by atoms with Crippen LogP contribution in [0, 0.1) is 5.92 Å². The van der Waals surface area contributed by atoms with E-state index in [9.17, 15) is 35.9 Å². The van der Waals surface area contributed by atoms with Crippen molar-refractivity contribution in [3.63, 3.8) is 0 Å². The van der Waals surface area contributed by atoms with Crippen molar-refractivity contribution in [1.82, 2.24) is 0 Å². The van der Waals surface area contributed by atoms with Gasteiger partial charge in [-0.25, -0.2) is 4.79 Å². The Morgan fingerprint density at radius 2 is 1.89 bits per heavy atom. The largest absolute Gasteiger partial charge is 1.00 e. The van der Waals surface area contributed by atoms with Gasteiger partial charge in [-0.15, -0.1) is 0 Å². The average Bonchev–Trinajstić information content (AvgIpc) is 3.60. The third kappa shape index (κ3) is 10.5. The van der Waals surface area contributed by atoms with Crippen molar-refractivity contribution in [2.24, 2.45) is 5.92 Å². The molecule has 3 aliphatic heterocycles. The quantitative estimate of drug-likeness (QED) is 0.0693. The summed E-state index contributed by atoms with van der Waals surface area (Å²) in [4.78, 5) is 32.5. The van der Waals surface area contributed by atoms with E-state index in [0.29, 0.717) is 12.4 Å². The first-order valence-corrected chi connectivity index (χ1v) is 9.59. The third-order valence-corrected chi connectivity index (χ3v) is 4.52. The fraction of sp³-hybridized carbons (Fsp3) is 0.450. The van der Waals surface area contributed by atoms with Gasteiger partial charge in [0.1, 0.15) is 24.6 Å². The first-order chi connectivity index (χ1) is 16.7. The topological polar surface area (TPSA) is 145 Å². The number of hydrogen-bond donors (Lipinski definition) is 1. The molecule has 1 spiro atoms. The van der Waals surface area contributed by atoms with E-state index in [0.717, 1.165) is 6.42 Å². The second-order valence-electron chi connectivity index (χ2n) is 6.90. The summed E-state index contributed by atoms with van der Waals surface area (Å²) < 4.78 is 88.5. The number of aliphatic hydroxyl groups is 1. The maximum absolute atomic E-state index is 11.7. The molecule has 0 aromatic carbocycles. The number of alkyl halides is 6. The van der Waals surface area contributed by atoms with Crippen LogP contribution in [0.25, 0.3) is 0 Å². The zero-order chi connectivity index (χ0) is 27.6. The van der Waals surface area contributed by atoms with Crippen molar-refractivity contribution in [3.8, 4) is 0 Å². The first kappa shape index (κ1) is 34.6. The summed E-state index contributed by atoms with van der Waals surface area (Å²) in [6.07, 6.45) is -8.73. The van der Waals surface area contributed by atoms with Crippen LogP contribution in [0.5, 0.6) is 0 Å². The summed E-state index contributed by atoms with van der Waals surface area (Å²) >= 11 is 0. The minimum Gasteiger partial charge on any atom is -0.662 e. The van der Waals surface area contributed by atoms with Crippen molar-refractivity contribution >= 4 is 18.4 Å². The molecule has 1 N–H and O–H groups in total. The van der Waals surface area contributed by atoms with Gasteiger partial charge in [0.2, 0.25) is 0 Å². The maximum atomic E-state index is 11.7. The fourth-order valence-electron chi connectivity index (χ4n) is 3.04.